The quantitative estimate of drug-likeness (QED) is 0.770. The summed E-state index contributed by atoms with van der Waals surface area (Å²) >= 11 is 5.14. The van der Waals surface area contributed by atoms with E-state index in [0.717, 1.165) is 0 Å². The van der Waals surface area contributed by atoms with Gasteiger partial charge in [-0.2, -0.15) is 13.2 Å². The van der Waals surface area contributed by atoms with E-state index in [-0.39, 0.29) is 6.42 Å². The Morgan fingerprint density at radius 2 is 1.81 bits per heavy atom. The van der Waals surface area contributed by atoms with Gasteiger partial charge < -0.3 is 5.11 Å². The molecule has 0 radical (unpaired) electrons. The van der Waals surface area contributed by atoms with Crippen LogP contribution in [0.3, 0.4) is 0 Å². The van der Waals surface area contributed by atoms with E-state index in [2.05, 4.69) is 31.9 Å². The third-order valence-corrected chi connectivity index (χ3v) is 4.75. The van der Waals surface area contributed by atoms with Crippen molar-refractivity contribution in [1.82, 2.24) is 0 Å². The van der Waals surface area contributed by atoms with E-state index < -0.39 is 32.6 Å². The molecule has 0 aromatic carbocycles. The first-order valence-electron chi connectivity index (χ1n) is 4.58. The first-order valence-corrected chi connectivity index (χ1v) is 6.17. The lowest BCUT2D eigenvalue weighted by Gasteiger charge is -2.24. The minimum absolute atomic E-state index is 0.291. The van der Waals surface area contributed by atoms with Gasteiger partial charge in [0, 0.05) is 0 Å². The fourth-order valence-corrected chi connectivity index (χ4v) is 2.70. The third-order valence-electron chi connectivity index (χ3n) is 3.21. The van der Waals surface area contributed by atoms with Crippen LogP contribution in [0.25, 0.3) is 0 Å². The lowest BCUT2D eigenvalue weighted by Crippen LogP contribution is -2.34. The van der Waals surface area contributed by atoms with Gasteiger partial charge in [0.15, 0.2) is 3.23 Å². The van der Waals surface area contributed by atoms with Gasteiger partial charge in [-0.15, -0.1) is 0 Å². The zero-order chi connectivity index (χ0) is 12.9. The van der Waals surface area contributed by atoms with Crippen LogP contribution >= 0.6 is 31.9 Å². The lowest BCUT2D eigenvalue weighted by atomic mass is 10.1. The van der Waals surface area contributed by atoms with Gasteiger partial charge in [-0.25, -0.2) is 0 Å². The molecule has 0 bridgehead atoms. The molecule has 7 heteroatoms. The molecule has 0 aliphatic heterocycles. The van der Waals surface area contributed by atoms with Crippen molar-refractivity contribution in [2.75, 3.05) is 0 Å². The molecule has 0 amide bonds. The molecule has 1 fully saturated rings. The number of carboxylic acids is 1. The SMILES string of the molecule is CC1(C)[C@H](C(=O)O)[C@@H]1CC(Br)(Br)C(F)(F)F. The molecule has 0 unspecified atom stereocenters. The van der Waals surface area contributed by atoms with E-state index in [4.69, 9.17) is 5.11 Å². The number of aliphatic carboxylic acids is 1. The summed E-state index contributed by atoms with van der Waals surface area (Å²) in [5, 5.41) is 8.85. The highest BCUT2D eigenvalue weighted by Crippen LogP contribution is 2.64. The Hall–Kier alpha value is 0.220. The zero-order valence-electron chi connectivity index (χ0n) is 8.61. The van der Waals surface area contributed by atoms with Crippen molar-refractivity contribution in [2.24, 2.45) is 17.3 Å². The van der Waals surface area contributed by atoms with Crippen LogP contribution < -0.4 is 0 Å². The molecular weight excluding hydrogens is 357 g/mol. The summed E-state index contributed by atoms with van der Waals surface area (Å²) < 4.78 is 35.5. The predicted molar refractivity (Wildman–Crippen MR) is 59.7 cm³/mol. The molecule has 0 heterocycles. The summed E-state index contributed by atoms with van der Waals surface area (Å²) in [6.07, 6.45) is -4.74. The molecular formula is C9H11Br2F3O2. The normalized spacial score (nSPS) is 28.9. The van der Waals surface area contributed by atoms with Crippen LogP contribution in [0.5, 0.6) is 0 Å². The summed E-state index contributed by atoms with van der Waals surface area (Å²) in [6.45, 7) is 3.34. The monoisotopic (exact) mass is 366 g/mol. The van der Waals surface area contributed by atoms with Gasteiger partial charge in [0.2, 0.25) is 0 Å². The maximum Gasteiger partial charge on any atom is 0.413 e. The van der Waals surface area contributed by atoms with Crippen LogP contribution in [-0.2, 0) is 4.79 Å². The highest BCUT2D eigenvalue weighted by molar-refractivity contribution is 9.25. The van der Waals surface area contributed by atoms with Crippen LogP contribution in [0.2, 0.25) is 0 Å². The Labute approximate surface area is 108 Å². The second-order valence-corrected chi connectivity index (χ2v) is 8.42. The van der Waals surface area contributed by atoms with Gasteiger partial charge >= 0.3 is 12.1 Å². The Bertz CT molecular complexity index is 312. The lowest BCUT2D eigenvalue weighted by molar-refractivity contribution is -0.141. The van der Waals surface area contributed by atoms with Gasteiger partial charge in [0.25, 0.3) is 0 Å². The van der Waals surface area contributed by atoms with E-state index >= 15 is 0 Å². The number of halogens is 5. The standard InChI is InChI=1S/C9H11Br2F3O2/c1-7(2)4(5(7)6(15)16)3-8(10,11)9(12,13)14/h4-5H,3H2,1-2H3,(H,15,16)/t4-,5-/m0/s1. The van der Waals surface area contributed by atoms with Gasteiger partial charge in [-0.1, -0.05) is 45.7 Å². The summed E-state index contributed by atoms with van der Waals surface area (Å²) in [5.74, 6) is -2.22. The third kappa shape index (κ3) is 2.39. The first kappa shape index (κ1) is 14.3. The Morgan fingerprint density at radius 3 is 2.06 bits per heavy atom. The molecule has 16 heavy (non-hydrogen) atoms. The van der Waals surface area contributed by atoms with Crippen molar-refractivity contribution in [3.63, 3.8) is 0 Å². The summed E-state index contributed by atoms with van der Waals surface area (Å²) in [6, 6.07) is 0. The van der Waals surface area contributed by atoms with E-state index in [1.165, 1.54) is 0 Å². The smallest absolute Gasteiger partial charge is 0.413 e. The van der Waals surface area contributed by atoms with E-state index in [1.807, 2.05) is 0 Å². The molecule has 1 saturated carbocycles. The second-order valence-electron chi connectivity index (χ2n) is 4.65. The molecule has 0 aromatic rings. The van der Waals surface area contributed by atoms with Crippen molar-refractivity contribution in [1.29, 1.82) is 0 Å². The number of alkyl halides is 5. The molecule has 1 N–H and O–H groups in total. The minimum atomic E-state index is -4.45. The number of carbonyl (C=O) groups is 1. The first-order chi connectivity index (χ1) is 6.91. The zero-order valence-corrected chi connectivity index (χ0v) is 11.8. The number of hydrogen-bond acceptors (Lipinski definition) is 1. The van der Waals surface area contributed by atoms with Crippen LogP contribution in [-0.4, -0.2) is 20.5 Å². The van der Waals surface area contributed by atoms with Crippen molar-refractivity contribution in [3.8, 4) is 0 Å². The molecule has 0 saturated heterocycles. The Balaban J connectivity index is 2.75. The van der Waals surface area contributed by atoms with E-state index in [0.29, 0.717) is 0 Å². The summed E-state index contributed by atoms with van der Waals surface area (Å²) in [7, 11) is 0. The van der Waals surface area contributed by atoms with Gasteiger partial charge in [0.05, 0.1) is 5.92 Å². The molecule has 0 spiro atoms. The van der Waals surface area contributed by atoms with Crippen molar-refractivity contribution < 1.29 is 23.1 Å². The molecule has 1 aliphatic rings. The molecule has 2 nitrogen and oxygen atoms in total. The van der Waals surface area contributed by atoms with Gasteiger partial charge in [-0.3, -0.25) is 4.79 Å². The van der Waals surface area contributed by atoms with Crippen molar-refractivity contribution in [2.45, 2.75) is 29.7 Å². The minimum Gasteiger partial charge on any atom is -0.481 e. The van der Waals surface area contributed by atoms with Crippen molar-refractivity contribution in [3.05, 3.63) is 0 Å². The van der Waals surface area contributed by atoms with E-state index in [1.54, 1.807) is 13.8 Å². The topological polar surface area (TPSA) is 37.3 Å². The van der Waals surface area contributed by atoms with Gasteiger partial charge in [-0.05, 0) is 17.8 Å². The fraction of sp³-hybridized carbons (Fsp3) is 0.889. The van der Waals surface area contributed by atoms with Crippen LogP contribution in [0.4, 0.5) is 13.2 Å². The second kappa shape index (κ2) is 3.86. The molecule has 94 valence electrons. The summed E-state index contributed by atoms with van der Waals surface area (Å²) in [4.78, 5) is 10.8. The molecule has 1 aliphatic carbocycles. The maximum absolute atomic E-state index is 12.6. The van der Waals surface area contributed by atoms with E-state index in [9.17, 15) is 18.0 Å². The van der Waals surface area contributed by atoms with Crippen molar-refractivity contribution >= 4 is 37.8 Å². The molecule has 0 aromatic heterocycles. The van der Waals surface area contributed by atoms with Gasteiger partial charge in [0.1, 0.15) is 0 Å². The summed E-state index contributed by atoms with van der Waals surface area (Å²) in [5.41, 5.74) is -0.579. The average molecular weight is 368 g/mol. The number of carboxylic acid groups (broad SMARTS) is 1. The van der Waals surface area contributed by atoms with Crippen LogP contribution in [0.15, 0.2) is 0 Å². The largest absolute Gasteiger partial charge is 0.481 e. The fourth-order valence-electron chi connectivity index (χ4n) is 2.01. The van der Waals surface area contributed by atoms with Crippen LogP contribution in [0, 0.1) is 17.3 Å². The predicted octanol–water partition coefficient (Wildman–Crippen LogP) is 3.78. The Morgan fingerprint density at radius 1 is 1.38 bits per heavy atom. The highest BCUT2D eigenvalue weighted by Gasteiger charge is 2.66. The maximum atomic E-state index is 12.6. The molecule has 2 atom stereocenters. The average Bonchev–Trinajstić information content (AvgIpc) is 2.49. The highest BCUT2D eigenvalue weighted by atomic mass is 79.9. The molecule has 1 rings (SSSR count). The Kier molecular flexibility index (Phi) is 3.45. The van der Waals surface area contributed by atoms with Crippen LogP contribution in [0.1, 0.15) is 20.3 Å². The number of rotatable bonds is 3. The number of hydrogen-bond donors (Lipinski definition) is 1.